The van der Waals surface area contributed by atoms with Crippen molar-refractivity contribution in [2.24, 2.45) is 0 Å². The van der Waals surface area contributed by atoms with Crippen LogP contribution in [0.15, 0.2) is 42.5 Å². The summed E-state index contributed by atoms with van der Waals surface area (Å²) in [5.41, 5.74) is 5.89. The van der Waals surface area contributed by atoms with E-state index in [9.17, 15) is 0 Å². The Morgan fingerprint density at radius 1 is 0.594 bits per heavy atom. The SMILES string of the molecule is COCCOCCOCC1(COCCOCCOC)c2ccccc2-c2ccc(C)cc21. The van der Waals surface area contributed by atoms with Gasteiger partial charge < -0.3 is 28.4 Å². The Labute approximate surface area is 191 Å². The second-order valence-corrected chi connectivity index (χ2v) is 7.99. The van der Waals surface area contributed by atoms with Crippen LogP contribution >= 0.6 is 0 Å². The maximum Gasteiger partial charge on any atom is 0.0701 e. The average Bonchev–Trinajstić information content (AvgIpc) is 3.07. The van der Waals surface area contributed by atoms with Gasteiger partial charge in [-0.15, -0.1) is 0 Å². The first kappa shape index (κ1) is 24.8. The molecule has 0 fully saturated rings. The molecule has 6 nitrogen and oxygen atoms in total. The van der Waals surface area contributed by atoms with Crippen LogP contribution in [0.4, 0.5) is 0 Å². The fourth-order valence-electron chi connectivity index (χ4n) is 4.14. The predicted octanol–water partition coefficient (Wildman–Crippen LogP) is 3.62. The van der Waals surface area contributed by atoms with Crippen LogP contribution in [0.1, 0.15) is 16.7 Å². The van der Waals surface area contributed by atoms with E-state index in [1.165, 1.54) is 27.8 Å². The molecule has 1 aliphatic carbocycles. The number of rotatable bonds is 16. The second kappa shape index (κ2) is 13.0. The highest BCUT2D eigenvalue weighted by molar-refractivity contribution is 5.81. The fourth-order valence-corrected chi connectivity index (χ4v) is 4.14. The lowest BCUT2D eigenvalue weighted by atomic mass is 9.79. The Balaban J connectivity index is 1.73. The fraction of sp³-hybridized carbons (Fsp3) is 0.538. The van der Waals surface area contributed by atoms with Crippen molar-refractivity contribution >= 4 is 0 Å². The first-order valence-electron chi connectivity index (χ1n) is 11.2. The van der Waals surface area contributed by atoms with Crippen molar-refractivity contribution in [3.05, 3.63) is 59.2 Å². The normalized spacial score (nSPS) is 13.8. The van der Waals surface area contributed by atoms with Gasteiger partial charge in [0.05, 0.1) is 71.5 Å². The van der Waals surface area contributed by atoms with Crippen molar-refractivity contribution in [1.29, 1.82) is 0 Å². The van der Waals surface area contributed by atoms with E-state index < -0.39 is 0 Å². The highest BCUT2D eigenvalue weighted by atomic mass is 16.5. The van der Waals surface area contributed by atoms with Crippen molar-refractivity contribution < 1.29 is 28.4 Å². The summed E-state index contributed by atoms with van der Waals surface area (Å²) in [7, 11) is 3.34. The van der Waals surface area contributed by atoms with E-state index in [1.807, 2.05) is 0 Å². The molecule has 3 rings (SSSR count). The van der Waals surface area contributed by atoms with Gasteiger partial charge in [0, 0.05) is 14.2 Å². The van der Waals surface area contributed by atoms with Crippen LogP contribution in [-0.2, 0) is 33.8 Å². The number of methoxy groups -OCH3 is 2. The third-order valence-electron chi connectivity index (χ3n) is 5.73. The summed E-state index contributed by atoms with van der Waals surface area (Å²) >= 11 is 0. The summed E-state index contributed by atoms with van der Waals surface area (Å²) in [6, 6.07) is 15.2. The third kappa shape index (κ3) is 6.16. The predicted molar refractivity (Wildman–Crippen MR) is 124 cm³/mol. The van der Waals surface area contributed by atoms with Gasteiger partial charge in [-0.2, -0.15) is 0 Å². The Bertz CT molecular complexity index is 804. The molecule has 176 valence electrons. The summed E-state index contributed by atoms with van der Waals surface area (Å²) in [4.78, 5) is 0. The second-order valence-electron chi connectivity index (χ2n) is 7.99. The molecule has 0 unspecified atom stereocenters. The smallest absolute Gasteiger partial charge is 0.0701 e. The summed E-state index contributed by atoms with van der Waals surface area (Å²) in [6.07, 6.45) is 0. The number of hydrogen-bond acceptors (Lipinski definition) is 6. The minimum absolute atomic E-state index is 0.364. The van der Waals surface area contributed by atoms with E-state index in [2.05, 4.69) is 49.4 Å². The van der Waals surface area contributed by atoms with Gasteiger partial charge in [-0.1, -0.05) is 48.0 Å². The molecule has 0 saturated carbocycles. The van der Waals surface area contributed by atoms with Crippen LogP contribution in [-0.4, -0.2) is 80.3 Å². The number of benzene rings is 2. The summed E-state index contributed by atoms with van der Waals surface area (Å²) in [5.74, 6) is 0. The molecule has 0 aromatic heterocycles. The standard InChI is InChI=1S/C26H36O6/c1-21-8-9-23-22-6-4-5-7-24(22)26(25(23)18-21,19-31-16-14-29-12-10-27-2)20-32-17-15-30-13-11-28-3/h4-9,18H,10-17,19-20H2,1-3H3. The quantitative estimate of drug-likeness (QED) is 0.369. The highest BCUT2D eigenvalue weighted by Gasteiger charge is 2.43. The Hall–Kier alpha value is -1.80. The van der Waals surface area contributed by atoms with Gasteiger partial charge in [0.15, 0.2) is 0 Å². The molecule has 0 aliphatic heterocycles. The number of hydrogen-bond donors (Lipinski definition) is 0. The first-order chi connectivity index (χ1) is 15.7. The zero-order valence-electron chi connectivity index (χ0n) is 19.6. The molecule has 0 saturated heterocycles. The molecule has 2 aromatic carbocycles. The Morgan fingerprint density at radius 3 is 1.75 bits per heavy atom. The average molecular weight is 445 g/mol. The van der Waals surface area contributed by atoms with Crippen molar-refractivity contribution in [1.82, 2.24) is 0 Å². The molecular formula is C26H36O6. The number of aryl methyl sites for hydroxylation is 1. The van der Waals surface area contributed by atoms with Crippen molar-refractivity contribution in [2.45, 2.75) is 12.3 Å². The van der Waals surface area contributed by atoms with Gasteiger partial charge >= 0.3 is 0 Å². The molecule has 32 heavy (non-hydrogen) atoms. The van der Waals surface area contributed by atoms with E-state index in [0.717, 1.165) is 0 Å². The highest BCUT2D eigenvalue weighted by Crippen LogP contribution is 2.49. The first-order valence-corrected chi connectivity index (χ1v) is 11.2. The van der Waals surface area contributed by atoms with E-state index in [-0.39, 0.29) is 5.41 Å². The summed E-state index contributed by atoms with van der Waals surface area (Å²) in [6.45, 7) is 7.62. The molecule has 6 heteroatoms. The summed E-state index contributed by atoms with van der Waals surface area (Å²) in [5, 5.41) is 0. The van der Waals surface area contributed by atoms with Crippen LogP contribution in [0.25, 0.3) is 11.1 Å². The van der Waals surface area contributed by atoms with Crippen LogP contribution in [0.3, 0.4) is 0 Å². The molecule has 0 bridgehead atoms. The Kier molecular flexibility index (Phi) is 10.1. The van der Waals surface area contributed by atoms with Crippen LogP contribution in [0.5, 0.6) is 0 Å². The zero-order chi connectivity index (χ0) is 22.7. The molecular weight excluding hydrogens is 408 g/mol. The van der Waals surface area contributed by atoms with E-state index in [0.29, 0.717) is 66.1 Å². The number of ether oxygens (including phenoxy) is 6. The van der Waals surface area contributed by atoms with Gasteiger partial charge in [-0.25, -0.2) is 0 Å². The number of fused-ring (bicyclic) bond motifs is 3. The van der Waals surface area contributed by atoms with Crippen molar-refractivity contribution in [3.63, 3.8) is 0 Å². The van der Waals surface area contributed by atoms with E-state index >= 15 is 0 Å². The van der Waals surface area contributed by atoms with Gasteiger partial charge in [0.2, 0.25) is 0 Å². The van der Waals surface area contributed by atoms with Crippen molar-refractivity contribution in [2.75, 3.05) is 80.3 Å². The Morgan fingerprint density at radius 2 is 1.12 bits per heavy atom. The molecule has 2 aromatic rings. The lowest BCUT2D eigenvalue weighted by Crippen LogP contribution is -2.37. The van der Waals surface area contributed by atoms with Crippen molar-refractivity contribution in [3.8, 4) is 11.1 Å². The maximum atomic E-state index is 6.17. The minimum Gasteiger partial charge on any atom is -0.382 e. The molecule has 0 atom stereocenters. The summed E-state index contributed by atoms with van der Waals surface area (Å²) < 4.78 is 33.5. The van der Waals surface area contributed by atoms with Gasteiger partial charge in [0.25, 0.3) is 0 Å². The molecule has 0 radical (unpaired) electrons. The third-order valence-corrected chi connectivity index (χ3v) is 5.73. The largest absolute Gasteiger partial charge is 0.382 e. The van der Waals surface area contributed by atoms with Gasteiger partial charge in [-0.05, 0) is 29.2 Å². The molecule has 0 spiro atoms. The maximum absolute atomic E-state index is 6.17. The topological polar surface area (TPSA) is 55.4 Å². The van der Waals surface area contributed by atoms with Gasteiger partial charge in [-0.3, -0.25) is 0 Å². The van der Waals surface area contributed by atoms with Gasteiger partial charge in [0.1, 0.15) is 0 Å². The molecule has 0 amide bonds. The lowest BCUT2D eigenvalue weighted by molar-refractivity contribution is -0.0145. The zero-order valence-corrected chi connectivity index (χ0v) is 19.6. The van der Waals surface area contributed by atoms with Crippen LogP contribution in [0.2, 0.25) is 0 Å². The van der Waals surface area contributed by atoms with Crippen LogP contribution < -0.4 is 0 Å². The monoisotopic (exact) mass is 444 g/mol. The molecule has 0 N–H and O–H groups in total. The lowest BCUT2D eigenvalue weighted by Gasteiger charge is -2.32. The van der Waals surface area contributed by atoms with E-state index in [4.69, 9.17) is 28.4 Å². The molecule has 1 aliphatic rings. The molecule has 0 heterocycles. The minimum atomic E-state index is -0.364. The van der Waals surface area contributed by atoms with Crippen LogP contribution in [0, 0.1) is 6.92 Å². The van der Waals surface area contributed by atoms with E-state index in [1.54, 1.807) is 14.2 Å².